The topological polar surface area (TPSA) is 29.5 Å². The van der Waals surface area contributed by atoms with Gasteiger partial charge in [0.25, 0.3) is 0 Å². The van der Waals surface area contributed by atoms with Gasteiger partial charge < -0.3 is 9.84 Å². The van der Waals surface area contributed by atoms with Crippen LogP contribution in [0.2, 0.25) is 0 Å². The number of benzene rings is 1. The molecular weight excluding hydrogens is 183 g/mol. The molecule has 1 aromatic rings. The number of hydrogen-bond donors (Lipinski definition) is 1. The summed E-state index contributed by atoms with van der Waals surface area (Å²) in [6.07, 6.45) is 0.939. The molecule has 1 atom stereocenters. The van der Waals surface area contributed by atoms with Crippen molar-refractivity contribution in [2.75, 3.05) is 13.7 Å². The van der Waals surface area contributed by atoms with Gasteiger partial charge in [0.1, 0.15) is 5.82 Å². The predicted molar refractivity (Wildman–Crippen MR) is 52.6 cm³/mol. The number of ether oxygens (including phenoxy) is 1. The van der Waals surface area contributed by atoms with Crippen molar-refractivity contribution < 1.29 is 14.2 Å². The summed E-state index contributed by atoms with van der Waals surface area (Å²) in [7, 11) is 1.56. The van der Waals surface area contributed by atoms with Crippen molar-refractivity contribution in [3.63, 3.8) is 0 Å². The van der Waals surface area contributed by atoms with Gasteiger partial charge in [-0.2, -0.15) is 0 Å². The Morgan fingerprint density at radius 1 is 1.36 bits per heavy atom. The molecule has 78 valence electrons. The summed E-state index contributed by atoms with van der Waals surface area (Å²) in [5.74, 6) is -0.230. The third-order valence-electron chi connectivity index (χ3n) is 2.04. The quantitative estimate of drug-likeness (QED) is 0.781. The highest BCUT2D eigenvalue weighted by molar-refractivity contribution is 5.16. The van der Waals surface area contributed by atoms with Crippen LogP contribution in [-0.4, -0.2) is 24.9 Å². The molecule has 0 fully saturated rings. The molecule has 0 radical (unpaired) electrons. The number of hydrogen-bond acceptors (Lipinski definition) is 2. The van der Waals surface area contributed by atoms with Gasteiger partial charge in [-0.3, -0.25) is 0 Å². The lowest BCUT2D eigenvalue weighted by Crippen LogP contribution is -2.14. The second-order valence-corrected chi connectivity index (χ2v) is 3.27. The summed E-state index contributed by atoms with van der Waals surface area (Å²) in [5.41, 5.74) is 1.03. The van der Waals surface area contributed by atoms with E-state index in [0.29, 0.717) is 13.0 Å². The molecule has 2 nitrogen and oxygen atoms in total. The highest BCUT2D eigenvalue weighted by atomic mass is 19.1. The predicted octanol–water partition coefficient (Wildman–Crippen LogP) is 1.77. The first-order chi connectivity index (χ1) is 6.72. The van der Waals surface area contributed by atoms with Crippen LogP contribution in [0.3, 0.4) is 0 Å². The average molecular weight is 198 g/mol. The number of aryl methyl sites for hydroxylation is 1. The fraction of sp³-hybridized carbons (Fsp3) is 0.455. The Hall–Kier alpha value is -0.930. The molecule has 3 heteroatoms. The lowest BCUT2D eigenvalue weighted by atomic mass is 10.1. The molecule has 0 aliphatic heterocycles. The molecule has 0 bridgehead atoms. The van der Waals surface area contributed by atoms with Crippen LogP contribution in [0.15, 0.2) is 24.3 Å². The molecule has 0 aliphatic carbocycles. The Bertz CT molecular complexity index is 258. The van der Waals surface area contributed by atoms with Crippen LogP contribution in [0, 0.1) is 5.82 Å². The summed E-state index contributed by atoms with van der Waals surface area (Å²) >= 11 is 0. The normalized spacial score (nSPS) is 12.8. The second kappa shape index (κ2) is 5.73. The zero-order valence-electron chi connectivity index (χ0n) is 8.24. The Morgan fingerprint density at radius 2 is 2.00 bits per heavy atom. The smallest absolute Gasteiger partial charge is 0.123 e. The molecule has 0 aliphatic rings. The molecule has 0 saturated carbocycles. The summed E-state index contributed by atoms with van der Waals surface area (Å²) < 4.78 is 17.3. The average Bonchev–Trinajstić information content (AvgIpc) is 2.17. The van der Waals surface area contributed by atoms with E-state index in [1.165, 1.54) is 12.1 Å². The van der Waals surface area contributed by atoms with Gasteiger partial charge in [-0.15, -0.1) is 0 Å². The SMILES string of the molecule is COCC(O)CCc1ccc(F)cc1. The van der Waals surface area contributed by atoms with Crippen molar-refractivity contribution in [2.45, 2.75) is 18.9 Å². The minimum absolute atomic E-state index is 0.230. The number of halogens is 1. The van der Waals surface area contributed by atoms with E-state index < -0.39 is 6.10 Å². The minimum atomic E-state index is -0.440. The lowest BCUT2D eigenvalue weighted by Gasteiger charge is -2.08. The van der Waals surface area contributed by atoms with Gasteiger partial charge in [0.05, 0.1) is 12.7 Å². The summed E-state index contributed by atoms with van der Waals surface area (Å²) in [6, 6.07) is 6.32. The van der Waals surface area contributed by atoms with Crippen LogP contribution in [0.5, 0.6) is 0 Å². The summed E-state index contributed by atoms with van der Waals surface area (Å²) in [4.78, 5) is 0. The van der Waals surface area contributed by atoms with Crippen molar-refractivity contribution in [1.29, 1.82) is 0 Å². The van der Waals surface area contributed by atoms with Crippen molar-refractivity contribution in [1.82, 2.24) is 0 Å². The van der Waals surface area contributed by atoms with E-state index >= 15 is 0 Å². The van der Waals surface area contributed by atoms with Crippen LogP contribution < -0.4 is 0 Å². The third-order valence-corrected chi connectivity index (χ3v) is 2.04. The molecule has 14 heavy (non-hydrogen) atoms. The summed E-state index contributed by atoms with van der Waals surface area (Å²) in [5, 5.41) is 9.37. The monoisotopic (exact) mass is 198 g/mol. The standard InChI is InChI=1S/C11H15FO2/c1-14-8-11(13)7-4-9-2-5-10(12)6-3-9/h2-3,5-6,11,13H,4,7-8H2,1H3. The molecular formula is C11H15FO2. The molecule has 1 N–H and O–H groups in total. The van der Waals surface area contributed by atoms with Gasteiger partial charge in [0.15, 0.2) is 0 Å². The maximum absolute atomic E-state index is 12.5. The Morgan fingerprint density at radius 3 is 2.57 bits per heavy atom. The molecule has 0 amide bonds. The maximum atomic E-state index is 12.5. The van der Waals surface area contributed by atoms with E-state index in [2.05, 4.69) is 0 Å². The van der Waals surface area contributed by atoms with Crippen LogP contribution in [0.25, 0.3) is 0 Å². The Labute approximate surface area is 83.3 Å². The first kappa shape index (κ1) is 11.1. The molecule has 0 saturated heterocycles. The van der Waals surface area contributed by atoms with Crippen molar-refractivity contribution >= 4 is 0 Å². The first-order valence-electron chi connectivity index (χ1n) is 4.64. The second-order valence-electron chi connectivity index (χ2n) is 3.27. The van der Waals surface area contributed by atoms with Gasteiger partial charge in [0.2, 0.25) is 0 Å². The van der Waals surface area contributed by atoms with Gasteiger partial charge >= 0.3 is 0 Å². The molecule has 1 unspecified atom stereocenters. The first-order valence-corrected chi connectivity index (χ1v) is 4.64. The van der Waals surface area contributed by atoms with Crippen molar-refractivity contribution in [2.24, 2.45) is 0 Å². The fourth-order valence-corrected chi connectivity index (χ4v) is 1.26. The maximum Gasteiger partial charge on any atom is 0.123 e. The van der Waals surface area contributed by atoms with E-state index in [0.717, 1.165) is 12.0 Å². The van der Waals surface area contributed by atoms with Crippen LogP contribution in [0.1, 0.15) is 12.0 Å². The van der Waals surface area contributed by atoms with E-state index in [4.69, 9.17) is 4.74 Å². The Kier molecular flexibility index (Phi) is 4.56. The fourth-order valence-electron chi connectivity index (χ4n) is 1.26. The van der Waals surface area contributed by atoms with Gasteiger partial charge in [-0.1, -0.05) is 12.1 Å². The highest BCUT2D eigenvalue weighted by Gasteiger charge is 2.03. The largest absolute Gasteiger partial charge is 0.391 e. The van der Waals surface area contributed by atoms with Crippen molar-refractivity contribution in [3.8, 4) is 0 Å². The molecule has 1 rings (SSSR count). The van der Waals surface area contributed by atoms with Crippen LogP contribution >= 0.6 is 0 Å². The van der Waals surface area contributed by atoms with E-state index in [-0.39, 0.29) is 5.82 Å². The summed E-state index contributed by atoms with van der Waals surface area (Å²) in [6.45, 7) is 0.348. The van der Waals surface area contributed by atoms with Crippen LogP contribution in [-0.2, 0) is 11.2 Å². The lowest BCUT2D eigenvalue weighted by molar-refractivity contribution is 0.0595. The van der Waals surface area contributed by atoms with Gasteiger partial charge in [0, 0.05) is 7.11 Å². The number of methoxy groups -OCH3 is 1. The minimum Gasteiger partial charge on any atom is -0.391 e. The highest BCUT2D eigenvalue weighted by Crippen LogP contribution is 2.07. The van der Waals surface area contributed by atoms with E-state index in [1.54, 1.807) is 19.2 Å². The zero-order chi connectivity index (χ0) is 10.4. The molecule has 0 heterocycles. The van der Waals surface area contributed by atoms with Gasteiger partial charge in [-0.25, -0.2) is 4.39 Å². The number of rotatable bonds is 5. The Balaban J connectivity index is 2.34. The molecule has 1 aromatic carbocycles. The number of aliphatic hydroxyl groups excluding tert-OH is 1. The van der Waals surface area contributed by atoms with E-state index in [9.17, 15) is 9.50 Å². The number of aliphatic hydroxyl groups is 1. The molecule has 0 spiro atoms. The van der Waals surface area contributed by atoms with Crippen molar-refractivity contribution in [3.05, 3.63) is 35.6 Å². The van der Waals surface area contributed by atoms with Crippen LogP contribution in [0.4, 0.5) is 4.39 Å². The van der Waals surface area contributed by atoms with Gasteiger partial charge in [-0.05, 0) is 30.5 Å². The van der Waals surface area contributed by atoms with E-state index in [1.807, 2.05) is 0 Å². The zero-order valence-corrected chi connectivity index (χ0v) is 8.24. The third kappa shape index (κ3) is 3.85. The molecule has 0 aromatic heterocycles.